The molecule has 0 bridgehead atoms. The van der Waals surface area contributed by atoms with Gasteiger partial charge in [-0.3, -0.25) is 0 Å². The first-order chi connectivity index (χ1) is 9.29. The summed E-state index contributed by atoms with van der Waals surface area (Å²) in [6.45, 7) is 2.32. The Labute approximate surface area is 118 Å². The first-order valence-corrected chi connectivity index (χ1v) is 7.74. The molecule has 100 valence electrons. The van der Waals surface area contributed by atoms with E-state index >= 15 is 0 Å². The van der Waals surface area contributed by atoms with Crippen LogP contribution in [0.15, 0.2) is 30.3 Å². The molecule has 3 rings (SSSR count). The Kier molecular flexibility index (Phi) is 3.78. The van der Waals surface area contributed by atoms with E-state index in [4.69, 9.17) is 0 Å². The normalized spacial score (nSPS) is 22.6. The molecule has 1 aliphatic rings. The number of rotatable bonds is 4. The Morgan fingerprint density at radius 3 is 2.79 bits per heavy atom. The molecule has 2 unspecified atom stereocenters. The summed E-state index contributed by atoms with van der Waals surface area (Å²) < 4.78 is 0. The van der Waals surface area contributed by atoms with Crippen LogP contribution in [0.5, 0.6) is 0 Å². The maximum Gasteiger partial charge on any atom is 0.205 e. The van der Waals surface area contributed by atoms with Crippen molar-refractivity contribution in [3.05, 3.63) is 40.9 Å². The number of benzene rings is 1. The molecule has 1 heterocycles. The van der Waals surface area contributed by atoms with Crippen molar-refractivity contribution in [1.29, 1.82) is 0 Å². The van der Waals surface area contributed by atoms with Gasteiger partial charge >= 0.3 is 0 Å². The van der Waals surface area contributed by atoms with Crippen molar-refractivity contribution >= 4 is 16.5 Å². The molecule has 3 nitrogen and oxygen atoms in total. The standard InChI is InChI=1S/C15H19N3S/c1-11-7-8-13(9-11)16-15-18-17-14(19-15)10-12-5-3-2-4-6-12/h2-6,11,13H,7-10H2,1H3,(H,16,18). The molecule has 2 aromatic rings. The van der Waals surface area contributed by atoms with Gasteiger partial charge in [0.2, 0.25) is 5.13 Å². The summed E-state index contributed by atoms with van der Waals surface area (Å²) >= 11 is 1.68. The van der Waals surface area contributed by atoms with Crippen LogP contribution in [0.2, 0.25) is 0 Å². The summed E-state index contributed by atoms with van der Waals surface area (Å²) in [5.74, 6) is 0.842. The first kappa shape index (κ1) is 12.6. The molecule has 0 spiro atoms. The zero-order valence-corrected chi connectivity index (χ0v) is 12.0. The van der Waals surface area contributed by atoms with E-state index in [1.807, 2.05) is 6.07 Å². The smallest absolute Gasteiger partial charge is 0.205 e. The lowest BCUT2D eigenvalue weighted by Gasteiger charge is -2.09. The van der Waals surface area contributed by atoms with Crippen LogP contribution in [0.4, 0.5) is 5.13 Å². The number of hydrogen-bond acceptors (Lipinski definition) is 4. The van der Waals surface area contributed by atoms with E-state index in [0.717, 1.165) is 22.5 Å². The van der Waals surface area contributed by atoms with Crippen molar-refractivity contribution in [2.24, 2.45) is 5.92 Å². The molecular formula is C15H19N3S. The Balaban J connectivity index is 1.60. The number of aromatic nitrogens is 2. The molecule has 19 heavy (non-hydrogen) atoms. The fourth-order valence-corrected chi connectivity index (χ4v) is 3.52. The van der Waals surface area contributed by atoms with Crippen LogP contribution in [-0.4, -0.2) is 16.2 Å². The van der Waals surface area contributed by atoms with Crippen molar-refractivity contribution in [3.63, 3.8) is 0 Å². The van der Waals surface area contributed by atoms with Gasteiger partial charge in [-0.15, -0.1) is 10.2 Å². The summed E-state index contributed by atoms with van der Waals surface area (Å²) in [6, 6.07) is 11.0. The Morgan fingerprint density at radius 2 is 2.05 bits per heavy atom. The van der Waals surface area contributed by atoms with Gasteiger partial charge in [0.05, 0.1) is 0 Å². The van der Waals surface area contributed by atoms with Crippen LogP contribution >= 0.6 is 11.3 Å². The predicted octanol–water partition coefficient (Wildman–Crippen LogP) is 3.73. The van der Waals surface area contributed by atoms with Gasteiger partial charge in [0.15, 0.2) is 0 Å². The fraction of sp³-hybridized carbons (Fsp3) is 0.467. The minimum Gasteiger partial charge on any atom is -0.357 e. The minimum absolute atomic E-state index is 0.590. The third-order valence-electron chi connectivity index (χ3n) is 3.69. The van der Waals surface area contributed by atoms with E-state index in [-0.39, 0.29) is 0 Å². The summed E-state index contributed by atoms with van der Waals surface area (Å²) in [5.41, 5.74) is 1.29. The lowest BCUT2D eigenvalue weighted by molar-refractivity contribution is 0.602. The number of nitrogens with one attached hydrogen (secondary N) is 1. The largest absolute Gasteiger partial charge is 0.357 e. The van der Waals surface area contributed by atoms with Crippen LogP contribution < -0.4 is 5.32 Å². The molecule has 0 amide bonds. The number of hydrogen-bond donors (Lipinski definition) is 1. The average Bonchev–Trinajstić information content (AvgIpc) is 3.01. The van der Waals surface area contributed by atoms with Crippen molar-refractivity contribution < 1.29 is 0 Å². The van der Waals surface area contributed by atoms with Crippen LogP contribution in [0.25, 0.3) is 0 Å². The van der Waals surface area contributed by atoms with Crippen molar-refractivity contribution in [1.82, 2.24) is 10.2 Å². The second kappa shape index (κ2) is 5.70. The van der Waals surface area contributed by atoms with Crippen LogP contribution in [-0.2, 0) is 6.42 Å². The van der Waals surface area contributed by atoms with E-state index < -0.39 is 0 Å². The Hall–Kier alpha value is -1.42. The van der Waals surface area contributed by atoms with Gasteiger partial charge in [-0.25, -0.2) is 0 Å². The highest BCUT2D eigenvalue weighted by Gasteiger charge is 2.22. The second-order valence-electron chi connectivity index (χ2n) is 5.42. The third-order valence-corrected chi connectivity index (χ3v) is 4.54. The van der Waals surface area contributed by atoms with Gasteiger partial charge in [0.25, 0.3) is 0 Å². The van der Waals surface area contributed by atoms with E-state index in [1.165, 1.54) is 24.8 Å². The van der Waals surface area contributed by atoms with Gasteiger partial charge in [-0.2, -0.15) is 0 Å². The summed E-state index contributed by atoms with van der Waals surface area (Å²) in [5, 5.41) is 14.1. The van der Waals surface area contributed by atoms with E-state index in [0.29, 0.717) is 6.04 Å². The van der Waals surface area contributed by atoms with Crippen LogP contribution in [0.3, 0.4) is 0 Å². The van der Waals surface area contributed by atoms with Gasteiger partial charge in [-0.05, 0) is 30.7 Å². The van der Waals surface area contributed by atoms with E-state index in [2.05, 4.69) is 46.7 Å². The lowest BCUT2D eigenvalue weighted by Crippen LogP contribution is -2.14. The molecule has 1 aromatic heterocycles. The summed E-state index contributed by atoms with van der Waals surface area (Å²) in [6.07, 6.45) is 4.72. The highest BCUT2D eigenvalue weighted by molar-refractivity contribution is 7.15. The van der Waals surface area contributed by atoms with Crippen molar-refractivity contribution in [2.75, 3.05) is 5.32 Å². The highest BCUT2D eigenvalue weighted by atomic mass is 32.1. The van der Waals surface area contributed by atoms with Crippen LogP contribution in [0.1, 0.15) is 36.8 Å². The molecule has 0 saturated heterocycles. The molecule has 4 heteroatoms. The summed E-state index contributed by atoms with van der Waals surface area (Å²) in [7, 11) is 0. The van der Waals surface area contributed by atoms with Gasteiger partial charge in [-0.1, -0.05) is 48.6 Å². The molecule has 1 N–H and O–H groups in total. The van der Waals surface area contributed by atoms with E-state index in [9.17, 15) is 0 Å². The number of nitrogens with zero attached hydrogens (tertiary/aromatic N) is 2. The third kappa shape index (κ3) is 3.32. The maximum atomic E-state index is 4.28. The molecule has 0 aliphatic heterocycles. The quantitative estimate of drug-likeness (QED) is 0.922. The zero-order chi connectivity index (χ0) is 13.1. The SMILES string of the molecule is CC1CCC(Nc2nnc(Cc3ccccc3)s2)C1. The summed E-state index contributed by atoms with van der Waals surface area (Å²) in [4.78, 5) is 0. The van der Waals surface area contributed by atoms with Crippen molar-refractivity contribution in [3.8, 4) is 0 Å². The Morgan fingerprint density at radius 1 is 1.21 bits per heavy atom. The lowest BCUT2D eigenvalue weighted by atomic mass is 10.1. The molecule has 2 atom stereocenters. The van der Waals surface area contributed by atoms with Gasteiger partial charge in [0, 0.05) is 12.5 Å². The van der Waals surface area contributed by atoms with Crippen molar-refractivity contribution in [2.45, 2.75) is 38.6 Å². The number of anilines is 1. The maximum absolute atomic E-state index is 4.28. The Bertz CT molecular complexity index is 523. The minimum atomic E-state index is 0.590. The monoisotopic (exact) mass is 273 g/mol. The molecule has 1 aromatic carbocycles. The second-order valence-corrected chi connectivity index (χ2v) is 6.48. The topological polar surface area (TPSA) is 37.8 Å². The van der Waals surface area contributed by atoms with E-state index in [1.54, 1.807) is 11.3 Å². The fourth-order valence-electron chi connectivity index (χ4n) is 2.67. The molecule has 0 radical (unpaired) electrons. The molecule has 1 saturated carbocycles. The van der Waals surface area contributed by atoms with Crippen LogP contribution in [0, 0.1) is 5.92 Å². The average molecular weight is 273 g/mol. The zero-order valence-electron chi connectivity index (χ0n) is 11.2. The first-order valence-electron chi connectivity index (χ1n) is 6.92. The molecular weight excluding hydrogens is 254 g/mol. The molecule has 1 aliphatic carbocycles. The van der Waals surface area contributed by atoms with Gasteiger partial charge < -0.3 is 5.32 Å². The van der Waals surface area contributed by atoms with Gasteiger partial charge in [0.1, 0.15) is 5.01 Å². The highest BCUT2D eigenvalue weighted by Crippen LogP contribution is 2.28. The predicted molar refractivity (Wildman–Crippen MR) is 79.6 cm³/mol. The molecule has 1 fully saturated rings.